The first-order valence-electron chi connectivity index (χ1n) is 5.92. The van der Waals surface area contributed by atoms with Crippen LogP contribution in [0.2, 0.25) is 0 Å². The zero-order chi connectivity index (χ0) is 12.6. The quantitative estimate of drug-likeness (QED) is 0.715. The van der Waals surface area contributed by atoms with Crippen molar-refractivity contribution in [3.05, 3.63) is 0 Å². The highest BCUT2D eigenvalue weighted by molar-refractivity contribution is 5.77. The van der Waals surface area contributed by atoms with Crippen LogP contribution in [0.5, 0.6) is 0 Å². The standard InChI is InChI=1S/C12H23N3O/c1-5-14-11(4)9-12(16)15(10(2)3)8-6-7-13/h10-11,14H,5-6,8-9H2,1-4H3. The molecule has 1 amide bonds. The van der Waals surface area contributed by atoms with Gasteiger partial charge in [0.1, 0.15) is 0 Å². The second-order valence-corrected chi connectivity index (χ2v) is 4.25. The first-order valence-corrected chi connectivity index (χ1v) is 5.92. The lowest BCUT2D eigenvalue weighted by Gasteiger charge is -2.27. The number of amides is 1. The van der Waals surface area contributed by atoms with E-state index in [1.54, 1.807) is 4.90 Å². The maximum Gasteiger partial charge on any atom is 0.224 e. The van der Waals surface area contributed by atoms with Gasteiger partial charge in [-0.1, -0.05) is 6.92 Å². The molecule has 0 radical (unpaired) electrons. The van der Waals surface area contributed by atoms with E-state index in [0.717, 1.165) is 6.54 Å². The SMILES string of the molecule is CCNC(C)CC(=O)N(CCC#N)C(C)C. The second-order valence-electron chi connectivity index (χ2n) is 4.25. The summed E-state index contributed by atoms with van der Waals surface area (Å²) in [6.45, 7) is 9.39. The Morgan fingerprint density at radius 3 is 2.50 bits per heavy atom. The van der Waals surface area contributed by atoms with Crippen molar-refractivity contribution in [3.63, 3.8) is 0 Å². The van der Waals surface area contributed by atoms with Crippen molar-refractivity contribution >= 4 is 5.91 Å². The number of hydrogen-bond acceptors (Lipinski definition) is 3. The van der Waals surface area contributed by atoms with Crippen molar-refractivity contribution in [2.45, 2.75) is 52.6 Å². The predicted molar refractivity (Wildman–Crippen MR) is 64.8 cm³/mol. The van der Waals surface area contributed by atoms with Crippen LogP contribution in [0.3, 0.4) is 0 Å². The van der Waals surface area contributed by atoms with Gasteiger partial charge in [0.15, 0.2) is 0 Å². The molecular weight excluding hydrogens is 202 g/mol. The first kappa shape index (κ1) is 14.9. The summed E-state index contributed by atoms with van der Waals surface area (Å²) in [6.07, 6.45) is 0.900. The molecule has 1 unspecified atom stereocenters. The molecule has 1 N–H and O–H groups in total. The third kappa shape index (κ3) is 5.72. The van der Waals surface area contributed by atoms with Gasteiger partial charge in [-0.05, 0) is 27.3 Å². The molecule has 0 spiro atoms. The van der Waals surface area contributed by atoms with Gasteiger partial charge in [-0.3, -0.25) is 4.79 Å². The largest absolute Gasteiger partial charge is 0.339 e. The smallest absolute Gasteiger partial charge is 0.224 e. The van der Waals surface area contributed by atoms with Gasteiger partial charge < -0.3 is 10.2 Å². The van der Waals surface area contributed by atoms with E-state index in [9.17, 15) is 4.79 Å². The van der Waals surface area contributed by atoms with Crippen molar-refractivity contribution < 1.29 is 4.79 Å². The number of nitrogens with zero attached hydrogens (tertiary/aromatic N) is 2. The Kier molecular flexibility index (Phi) is 7.57. The van der Waals surface area contributed by atoms with Crippen molar-refractivity contribution in [1.82, 2.24) is 10.2 Å². The fourth-order valence-electron chi connectivity index (χ4n) is 1.64. The normalized spacial score (nSPS) is 12.2. The van der Waals surface area contributed by atoms with Crippen molar-refractivity contribution in [2.75, 3.05) is 13.1 Å². The van der Waals surface area contributed by atoms with E-state index in [1.165, 1.54) is 0 Å². The van der Waals surface area contributed by atoms with Crippen molar-refractivity contribution in [1.29, 1.82) is 5.26 Å². The van der Waals surface area contributed by atoms with E-state index in [1.807, 2.05) is 27.7 Å². The minimum atomic E-state index is 0.124. The molecule has 0 rings (SSSR count). The van der Waals surface area contributed by atoms with E-state index in [2.05, 4.69) is 11.4 Å². The lowest BCUT2D eigenvalue weighted by Crippen LogP contribution is -2.41. The minimum absolute atomic E-state index is 0.124. The van der Waals surface area contributed by atoms with E-state index in [-0.39, 0.29) is 18.0 Å². The van der Waals surface area contributed by atoms with Gasteiger partial charge >= 0.3 is 0 Å². The van der Waals surface area contributed by atoms with Crippen LogP contribution in [0.4, 0.5) is 0 Å². The number of carbonyl (C=O) groups is 1. The Labute approximate surface area is 98.6 Å². The van der Waals surface area contributed by atoms with Gasteiger partial charge in [0.05, 0.1) is 12.5 Å². The Morgan fingerprint density at radius 1 is 1.44 bits per heavy atom. The molecule has 0 aromatic rings. The maximum atomic E-state index is 12.0. The van der Waals surface area contributed by atoms with Crippen LogP contribution in [0, 0.1) is 11.3 Å². The average molecular weight is 225 g/mol. The maximum absolute atomic E-state index is 12.0. The summed E-state index contributed by atoms with van der Waals surface area (Å²) in [5.74, 6) is 0.124. The van der Waals surface area contributed by atoms with Gasteiger partial charge in [-0.2, -0.15) is 5.26 Å². The fraction of sp³-hybridized carbons (Fsp3) is 0.833. The zero-order valence-corrected chi connectivity index (χ0v) is 10.8. The van der Waals surface area contributed by atoms with E-state index in [4.69, 9.17) is 5.26 Å². The molecule has 0 saturated carbocycles. The number of hydrogen-bond donors (Lipinski definition) is 1. The molecule has 0 bridgehead atoms. The van der Waals surface area contributed by atoms with Crippen molar-refractivity contribution in [3.8, 4) is 6.07 Å². The summed E-state index contributed by atoms with van der Waals surface area (Å²) in [6, 6.07) is 2.43. The molecule has 16 heavy (non-hydrogen) atoms. The lowest BCUT2D eigenvalue weighted by atomic mass is 10.2. The number of nitrogens with one attached hydrogen (secondary N) is 1. The molecule has 0 aromatic heterocycles. The molecule has 92 valence electrons. The molecule has 0 aliphatic heterocycles. The summed E-state index contributed by atoms with van der Waals surface area (Å²) >= 11 is 0. The highest BCUT2D eigenvalue weighted by atomic mass is 16.2. The van der Waals surface area contributed by atoms with Crippen LogP contribution in [-0.4, -0.2) is 36.0 Å². The van der Waals surface area contributed by atoms with Gasteiger partial charge in [-0.15, -0.1) is 0 Å². The molecule has 0 aromatic carbocycles. The fourth-order valence-corrected chi connectivity index (χ4v) is 1.64. The highest BCUT2D eigenvalue weighted by Gasteiger charge is 2.18. The Bertz CT molecular complexity index is 245. The first-order chi connectivity index (χ1) is 7.52. The monoisotopic (exact) mass is 225 g/mol. The van der Waals surface area contributed by atoms with Gasteiger partial charge in [0.25, 0.3) is 0 Å². The summed E-state index contributed by atoms with van der Waals surface area (Å²) in [5.41, 5.74) is 0. The minimum Gasteiger partial charge on any atom is -0.339 e. The van der Waals surface area contributed by atoms with Crippen LogP contribution < -0.4 is 5.32 Å². The Morgan fingerprint density at radius 2 is 2.06 bits per heavy atom. The molecule has 0 fully saturated rings. The average Bonchev–Trinajstić information content (AvgIpc) is 2.17. The van der Waals surface area contributed by atoms with Crippen LogP contribution in [0.15, 0.2) is 0 Å². The van der Waals surface area contributed by atoms with Gasteiger partial charge in [0.2, 0.25) is 5.91 Å². The Balaban J connectivity index is 4.22. The molecule has 1 atom stereocenters. The van der Waals surface area contributed by atoms with Gasteiger partial charge in [-0.25, -0.2) is 0 Å². The zero-order valence-electron chi connectivity index (χ0n) is 10.8. The molecule has 0 heterocycles. The topological polar surface area (TPSA) is 56.1 Å². The molecular formula is C12H23N3O. The van der Waals surface area contributed by atoms with Crippen LogP contribution in [0.25, 0.3) is 0 Å². The third-order valence-corrected chi connectivity index (χ3v) is 2.44. The van der Waals surface area contributed by atoms with Crippen molar-refractivity contribution in [2.24, 2.45) is 0 Å². The third-order valence-electron chi connectivity index (χ3n) is 2.44. The predicted octanol–water partition coefficient (Wildman–Crippen LogP) is 1.53. The second kappa shape index (κ2) is 8.12. The summed E-state index contributed by atoms with van der Waals surface area (Å²) < 4.78 is 0. The summed E-state index contributed by atoms with van der Waals surface area (Å²) in [4.78, 5) is 13.7. The van der Waals surface area contributed by atoms with Crippen LogP contribution in [0.1, 0.15) is 40.5 Å². The van der Waals surface area contributed by atoms with Crippen LogP contribution >= 0.6 is 0 Å². The molecule has 0 aliphatic carbocycles. The van der Waals surface area contributed by atoms with E-state index >= 15 is 0 Å². The molecule has 0 aliphatic rings. The van der Waals surface area contributed by atoms with Crippen LogP contribution in [-0.2, 0) is 4.79 Å². The highest BCUT2D eigenvalue weighted by Crippen LogP contribution is 2.05. The number of carbonyl (C=O) groups excluding carboxylic acids is 1. The molecule has 4 nitrogen and oxygen atoms in total. The van der Waals surface area contributed by atoms with E-state index in [0.29, 0.717) is 19.4 Å². The summed E-state index contributed by atoms with van der Waals surface area (Å²) in [5, 5.41) is 11.8. The van der Waals surface area contributed by atoms with Gasteiger partial charge in [0, 0.05) is 25.0 Å². The Hall–Kier alpha value is -1.08. The summed E-state index contributed by atoms with van der Waals surface area (Å²) in [7, 11) is 0. The molecule has 0 saturated heterocycles. The number of nitriles is 1. The lowest BCUT2D eigenvalue weighted by molar-refractivity contribution is -0.133. The molecule has 4 heteroatoms. The number of rotatable bonds is 7. The van der Waals surface area contributed by atoms with E-state index < -0.39 is 0 Å².